The third-order valence-corrected chi connectivity index (χ3v) is 5.50. The van der Waals surface area contributed by atoms with Crippen LogP contribution < -0.4 is 5.32 Å². The third-order valence-electron chi connectivity index (χ3n) is 4.64. The summed E-state index contributed by atoms with van der Waals surface area (Å²) in [5.41, 5.74) is 0.805. The predicted molar refractivity (Wildman–Crippen MR) is 108 cm³/mol. The molecule has 2 heterocycles. The maximum atomic E-state index is 12.7. The van der Waals surface area contributed by atoms with E-state index in [1.807, 2.05) is 12.1 Å². The van der Waals surface area contributed by atoms with Crippen LogP contribution in [-0.4, -0.2) is 46.4 Å². The quantitative estimate of drug-likeness (QED) is 0.785. The Balaban J connectivity index is 1.66. The van der Waals surface area contributed by atoms with Gasteiger partial charge in [-0.05, 0) is 31.4 Å². The lowest BCUT2D eigenvalue weighted by molar-refractivity contribution is -0.121. The highest BCUT2D eigenvalue weighted by Crippen LogP contribution is 2.27. The highest BCUT2D eigenvalue weighted by molar-refractivity contribution is 6.42. The van der Waals surface area contributed by atoms with E-state index in [0.717, 1.165) is 18.4 Å². The fourth-order valence-electron chi connectivity index (χ4n) is 3.20. The van der Waals surface area contributed by atoms with Gasteiger partial charge in [-0.3, -0.25) is 4.79 Å². The Hall–Kier alpha value is -2.25. The summed E-state index contributed by atoms with van der Waals surface area (Å²) in [6.07, 6.45) is 2.71. The minimum Gasteiger partial charge on any atom is -0.450 e. The molecule has 1 N–H and O–H groups in total. The summed E-state index contributed by atoms with van der Waals surface area (Å²) < 4.78 is 6.69. The van der Waals surface area contributed by atoms with Crippen LogP contribution in [0.1, 0.15) is 25.3 Å². The van der Waals surface area contributed by atoms with Gasteiger partial charge in [0.1, 0.15) is 5.82 Å². The lowest BCUT2D eigenvalue weighted by Crippen LogP contribution is -2.44. The zero-order valence-corrected chi connectivity index (χ0v) is 17.0. The van der Waals surface area contributed by atoms with E-state index in [-0.39, 0.29) is 17.9 Å². The Morgan fingerprint density at radius 2 is 2.14 bits per heavy atom. The molecule has 1 fully saturated rings. The number of benzene rings is 1. The number of piperidine rings is 1. The van der Waals surface area contributed by atoms with E-state index in [0.29, 0.717) is 42.1 Å². The Morgan fingerprint density at radius 3 is 2.93 bits per heavy atom. The second-order valence-electron chi connectivity index (χ2n) is 6.56. The molecule has 1 aliphatic heterocycles. The van der Waals surface area contributed by atoms with Crippen LogP contribution >= 0.6 is 23.2 Å². The molecule has 1 aromatic carbocycles. The van der Waals surface area contributed by atoms with Crippen molar-refractivity contribution in [1.82, 2.24) is 14.7 Å². The number of anilines is 1. The van der Waals surface area contributed by atoms with Crippen LogP contribution in [0.5, 0.6) is 0 Å². The van der Waals surface area contributed by atoms with Crippen molar-refractivity contribution in [3.8, 4) is 0 Å². The van der Waals surface area contributed by atoms with Crippen molar-refractivity contribution in [1.29, 1.82) is 0 Å². The Morgan fingerprint density at radius 1 is 1.32 bits per heavy atom. The first-order valence-electron chi connectivity index (χ1n) is 9.16. The fourth-order valence-corrected chi connectivity index (χ4v) is 3.58. The molecule has 2 amide bonds. The summed E-state index contributed by atoms with van der Waals surface area (Å²) in [4.78, 5) is 26.3. The maximum absolute atomic E-state index is 12.7. The summed E-state index contributed by atoms with van der Waals surface area (Å²) in [5, 5.41) is 8.11. The van der Waals surface area contributed by atoms with E-state index in [1.165, 1.54) is 0 Å². The largest absolute Gasteiger partial charge is 0.450 e. The van der Waals surface area contributed by atoms with Gasteiger partial charge in [0.15, 0.2) is 0 Å². The lowest BCUT2D eigenvalue weighted by atomic mass is 9.97. The number of likely N-dealkylation sites (tertiary alicyclic amines) is 1. The Bertz CT molecular complexity index is 855. The van der Waals surface area contributed by atoms with Gasteiger partial charge in [-0.15, -0.1) is 0 Å². The monoisotopic (exact) mass is 424 g/mol. The number of aromatic nitrogens is 2. The molecule has 7 nitrogen and oxygen atoms in total. The molecule has 0 radical (unpaired) electrons. The van der Waals surface area contributed by atoms with Crippen molar-refractivity contribution in [3.63, 3.8) is 0 Å². The van der Waals surface area contributed by atoms with Gasteiger partial charge in [0.25, 0.3) is 0 Å². The normalized spacial score (nSPS) is 16.7. The molecular weight excluding hydrogens is 403 g/mol. The molecule has 28 heavy (non-hydrogen) atoms. The number of hydrogen-bond acceptors (Lipinski definition) is 4. The van der Waals surface area contributed by atoms with Crippen molar-refractivity contribution in [2.24, 2.45) is 5.92 Å². The number of carbonyl (C=O) groups excluding carboxylic acids is 2. The van der Waals surface area contributed by atoms with Crippen LogP contribution in [-0.2, 0) is 16.1 Å². The molecule has 1 aliphatic rings. The second-order valence-corrected chi connectivity index (χ2v) is 7.35. The minimum absolute atomic E-state index is 0.145. The van der Waals surface area contributed by atoms with Crippen LogP contribution in [0.4, 0.5) is 10.6 Å². The van der Waals surface area contributed by atoms with E-state index < -0.39 is 0 Å². The molecule has 0 aliphatic carbocycles. The van der Waals surface area contributed by atoms with Crippen LogP contribution in [0.25, 0.3) is 0 Å². The van der Waals surface area contributed by atoms with Crippen LogP contribution in [0, 0.1) is 5.92 Å². The number of halogens is 2. The minimum atomic E-state index is -0.374. The number of nitrogens with zero attached hydrogens (tertiary/aromatic N) is 3. The van der Waals surface area contributed by atoms with Crippen molar-refractivity contribution in [2.75, 3.05) is 25.0 Å². The van der Waals surface area contributed by atoms with Crippen molar-refractivity contribution >= 4 is 41.0 Å². The number of ether oxygens (including phenoxy) is 1. The zero-order chi connectivity index (χ0) is 20.1. The zero-order valence-electron chi connectivity index (χ0n) is 15.5. The summed E-state index contributed by atoms with van der Waals surface area (Å²) in [5.74, 6) is 0.124. The Labute approximate surface area is 173 Å². The second kappa shape index (κ2) is 9.30. The molecule has 9 heteroatoms. The van der Waals surface area contributed by atoms with Gasteiger partial charge >= 0.3 is 6.09 Å². The van der Waals surface area contributed by atoms with E-state index >= 15 is 0 Å². The van der Waals surface area contributed by atoms with Gasteiger partial charge in [-0.2, -0.15) is 5.10 Å². The molecule has 1 aromatic heterocycles. The molecule has 150 valence electrons. The van der Waals surface area contributed by atoms with Gasteiger partial charge in [0.05, 0.1) is 35.3 Å². The average Bonchev–Trinajstić information content (AvgIpc) is 3.12. The third kappa shape index (κ3) is 4.77. The molecule has 2 aromatic rings. The predicted octanol–water partition coefficient (Wildman–Crippen LogP) is 4.05. The van der Waals surface area contributed by atoms with Crippen molar-refractivity contribution in [3.05, 3.63) is 46.1 Å². The molecule has 1 atom stereocenters. The van der Waals surface area contributed by atoms with Crippen molar-refractivity contribution < 1.29 is 14.3 Å². The van der Waals surface area contributed by atoms with Gasteiger partial charge < -0.3 is 15.0 Å². The molecular formula is C19H22Cl2N4O3. The Kier molecular flexibility index (Phi) is 6.80. The van der Waals surface area contributed by atoms with E-state index in [9.17, 15) is 9.59 Å². The maximum Gasteiger partial charge on any atom is 0.409 e. The highest BCUT2D eigenvalue weighted by atomic mass is 35.5. The average molecular weight is 425 g/mol. The van der Waals surface area contributed by atoms with E-state index in [4.69, 9.17) is 27.9 Å². The van der Waals surface area contributed by atoms with Gasteiger partial charge in [0.2, 0.25) is 5.91 Å². The van der Waals surface area contributed by atoms with Crippen LogP contribution in [0.15, 0.2) is 30.5 Å². The molecule has 1 unspecified atom stereocenters. The number of amides is 2. The van der Waals surface area contributed by atoms with E-state index in [2.05, 4.69) is 10.4 Å². The smallest absolute Gasteiger partial charge is 0.409 e. The molecule has 0 bridgehead atoms. The molecule has 0 saturated carbocycles. The van der Waals surface area contributed by atoms with Gasteiger partial charge in [-0.1, -0.05) is 35.3 Å². The SMILES string of the molecule is CCOC(=O)N1CCCC(C(=O)Nc2ccnn2Cc2cccc(Cl)c2Cl)C1. The van der Waals surface area contributed by atoms with Crippen LogP contribution in [0.3, 0.4) is 0 Å². The first-order chi connectivity index (χ1) is 13.5. The standard InChI is InChI=1S/C19H22Cl2N4O3/c1-2-28-19(27)24-10-4-6-14(11-24)18(26)23-16-8-9-22-25(16)12-13-5-3-7-15(20)17(13)21/h3,5,7-9,14H,2,4,6,10-12H2,1H3,(H,23,26). The first kappa shape index (κ1) is 20.5. The topological polar surface area (TPSA) is 76.5 Å². The summed E-state index contributed by atoms with van der Waals surface area (Å²) >= 11 is 12.3. The first-order valence-corrected chi connectivity index (χ1v) is 9.92. The van der Waals surface area contributed by atoms with Crippen molar-refractivity contribution in [2.45, 2.75) is 26.3 Å². The van der Waals surface area contributed by atoms with Crippen LogP contribution in [0.2, 0.25) is 10.0 Å². The summed E-state index contributed by atoms with van der Waals surface area (Å²) in [6, 6.07) is 7.12. The number of carbonyl (C=O) groups is 2. The highest BCUT2D eigenvalue weighted by Gasteiger charge is 2.29. The number of rotatable bonds is 5. The summed E-state index contributed by atoms with van der Waals surface area (Å²) in [7, 11) is 0. The van der Waals surface area contributed by atoms with Gasteiger partial charge in [-0.25, -0.2) is 9.48 Å². The number of hydrogen-bond donors (Lipinski definition) is 1. The fraction of sp³-hybridized carbons (Fsp3) is 0.421. The number of nitrogens with one attached hydrogen (secondary N) is 1. The van der Waals surface area contributed by atoms with E-state index in [1.54, 1.807) is 34.8 Å². The lowest BCUT2D eigenvalue weighted by Gasteiger charge is -2.31. The summed E-state index contributed by atoms with van der Waals surface area (Å²) in [6.45, 7) is 3.41. The molecule has 1 saturated heterocycles. The van der Waals surface area contributed by atoms with Gasteiger partial charge in [0, 0.05) is 19.2 Å². The molecule has 3 rings (SSSR count). The molecule has 0 spiro atoms.